The molecule has 31 heavy (non-hydrogen) atoms. The third-order valence-corrected chi connectivity index (χ3v) is 4.10. The van der Waals surface area contributed by atoms with Gasteiger partial charge in [-0.25, -0.2) is 13.8 Å². The zero-order chi connectivity index (χ0) is 22.4. The first-order valence-corrected chi connectivity index (χ1v) is 9.51. The van der Waals surface area contributed by atoms with Gasteiger partial charge in [-0.2, -0.15) is 10.1 Å². The number of nitrogens with zero attached hydrogens (tertiary/aromatic N) is 4. The summed E-state index contributed by atoms with van der Waals surface area (Å²) in [7, 11) is 1.34. The van der Waals surface area contributed by atoms with Gasteiger partial charge in [-0.1, -0.05) is 0 Å². The highest BCUT2D eigenvalue weighted by Crippen LogP contribution is 2.21. The number of aromatic nitrogens is 4. The smallest absolute Gasteiger partial charge is 0.241 e. The largest absolute Gasteiger partial charge is 0.497 e. The molecule has 0 saturated carbocycles. The molecule has 0 aliphatic rings. The summed E-state index contributed by atoms with van der Waals surface area (Å²) in [6.07, 6.45) is 4.68. The number of halogens is 2. The van der Waals surface area contributed by atoms with Crippen LogP contribution in [0.1, 0.15) is 19.4 Å². The van der Waals surface area contributed by atoms with Crippen molar-refractivity contribution in [2.45, 2.75) is 33.0 Å². The molecule has 3 rings (SSSR count). The quantitative estimate of drug-likeness (QED) is 0.478. The van der Waals surface area contributed by atoms with E-state index in [-0.39, 0.29) is 42.3 Å². The number of nitrogens with one attached hydrogen (secondary N) is 3. The molecule has 0 radical (unpaired) electrons. The van der Waals surface area contributed by atoms with E-state index in [1.807, 2.05) is 13.8 Å². The fourth-order valence-electron chi connectivity index (χ4n) is 2.72. The molecule has 0 bridgehead atoms. The summed E-state index contributed by atoms with van der Waals surface area (Å²) >= 11 is 0. The molecule has 11 heteroatoms. The predicted octanol–water partition coefficient (Wildman–Crippen LogP) is 2.84. The second-order valence-electron chi connectivity index (χ2n) is 6.96. The van der Waals surface area contributed by atoms with Gasteiger partial charge in [0.25, 0.3) is 0 Å². The minimum absolute atomic E-state index is 0.0455. The van der Waals surface area contributed by atoms with Crippen LogP contribution in [-0.2, 0) is 17.9 Å². The standard InChI is InChI=1S/C20H23F2N7O2/c1-12(2)26-19(30)11-29-10-13(8-25-29)27-20-23-5-4-18(28-20)24-9-15-16(21)6-14(31-3)7-17(15)22/h4-8,10,12H,9,11H2,1-3H3,(H,26,30)(H2,23,24,27,28). The number of ether oxygens (including phenoxy) is 1. The van der Waals surface area contributed by atoms with Crippen molar-refractivity contribution < 1.29 is 18.3 Å². The van der Waals surface area contributed by atoms with E-state index in [1.165, 1.54) is 24.2 Å². The van der Waals surface area contributed by atoms with Crippen molar-refractivity contribution in [3.63, 3.8) is 0 Å². The van der Waals surface area contributed by atoms with Gasteiger partial charge in [0.2, 0.25) is 11.9 Å². The SMILES string of the molecule is COc1cc(F)c(CNc2ccnc(Nc3cnn(CC(=O)NC(C)C)c3)n2)c(F)c1. The molecule has 9 nitrogen and oxygen atoms in total. The van der Waals surface area contributed by atoms with Crippen molar-refractivity contribution in [3.05, 3.63) is 54.0 Å². The van der Waals surface area contributed by atoms with Gasteiger partial charge < -0.3 is 20.7 Å². The van der Waals surface area contributed by atoms with Gasteiger partial charge in [0.1, 0.15) is 29.7 Å². The van der Waals surface area contributed by atoms with Crippen molar-refractivity contribution in [2.75, 3.05) is 17.7 Å². The lowest BCUT2D eigenvalue weighted by Gasteiger charge is -2.10. The van der Waals surface area contributed by atoms with Crippen LogP contribution in [0.15, 0.2) is 36.8 Å². The summed E-state index contributed by atoms with van der Waals surface area (Å²) in [4.78, 5) is 20.2. The van der Waals surface area contributed by atoms with Gasteiger partial charge in [-0.15, -0.1) is 0 Å². The van der Waals surface area contributed by atoms with Crippen LogP contribution in [0.5, 0.6) is 5.75 Å². The van der Waals surface area contributed by atoms with Crippen LogP contribution in [0.2, 0.25) is 0 Å². The Morgan fingerprint density at radius 3 is 2.68 bits per heavy atom. The summed E-state index contributed by atoms with van der Waals surface area (Å²) in [5.74, 6) is -0.848. The van der Waals surface area contributed by atoms with Gasteiger partial charge in [0.05, 0.1) is 19.0 Å². The molecule has 0 fully saturated rings. The fourth-order valence-corrected chi connectivity index (χ4v) is 2.72. The average Bonchev–Trinajstić information content (AvgIpc) is 3.13. The number of hydrogen-bond donors (Lipinski definition) is 3. The number of amides is 1. The molecule has 0 unspecified atom stereocenters. The number of carbonyl (C=O) groups excluding carboxylic acids is 1. The summed E-state index contributed by atoms with van der Waals surface area (Å²) < 4.78 is 34.5. The molecule has 1 amide bonds. The minimum Gasteiger partial charge on any atom is -0.497 e. The zero-order valence-electron chi connectivity index (χ0n) is 17.3. The van der Waals surface area contributed by atoms with E-state index in [0.717, 1.165) is 12.1 Å². The van der Waals surface area contributed by atoms with Crippen molar-refractivity contribution in [3.8, 4) is 5.75 Å². The Morgan fingerprint density at radius 1 is 1.26 bits per heavy atom. The highest BCUT2D eigenvalue weighted by atomic mass is 19.1. The van der Waals surface area contributed by atoms with Crippen LogP contribution >= 0.6 is 0 Å². The Balaban J connectivity index is 1.62. The first-order chi connectivity index (χ1) is 14.8. The lowest BCUT2D eigenvalue weighted by molar-refractivity contribution is -0.122. The summed E-state index contributed by atoms with van der Waals surface area (Å²) in [6.45, 7) is 3.73. The molecule has 0 spiro atoms. The van der Waals surface area contributed by atoms with Crippen molar-refractivity contribution in [1.82, 2.24) is 25.1 Å². The molecule has 1 aromatic carbocycles. The normalized spacial score (nSPS) is 10.8. The minimum atomic E-state index is -0.717. The van der Waals surface area contributed by atoms with E-state index in [0.29, 0.717) is 11.5 Å². The van der Waals surface area contributed by atoms with E-state index in [4.69, 9.17) is 4.74 Å². The highest BCUT2D eigenvalue weighted by molar-refractivity contribution is 5.76. The van der Waals surface area contributed by atoms with Gasteiger partial charge in [-0.3, -0.25) is 9.48 Å². The number of hydrogen-bond acceptors (Lipinski definition) is 7. The Labute approximate surface area is 177 Å². The highest BCUT2D eigenvalue weighted by Gasteiger charge is 2.12. The third kappa shape index (κ3) is 6.11. The maximum absolute atomic E-state index is 14.1. The van der Waals surface area contributed by atoms with E-state index in [9.17, 15) is 13.6 Å². The number of rotatable bonds is 9. The molecule has 2 heterocycles. The van der Waals surface area contributed by atoms with E-state index in [2.05, 4.69) is 31.0 Å². The fraction of sp³-hybridized carbons (Fsp3) is 0.300. The molecular weight excluding hydrogens is 408 g/mol. The Hall–Kier alpha value is -3.76. The summed E-state index contributed by atoms with van der Waals surface area (Å²) in [5.41, 5.74) is 0.455. The molecule has 3 N–H and O–H groups in total. The van der Waals surface area contributed by atoms with Crippen LogP contribution in [0.3, 0.4) is 0 Å². The maximum atomic E-state index is 14.1. The van der Waals surface area contributed by atoms with Crippen LogP contribution in [-0.4, -0.2) is 38.8 Å². The summed E-state index contributed by atoms with van der Waals surface area (Å²) in [5, 5.41) is 12.7. The van der Waals surface area contributed by atoms with Crippen LogP contribution in [0.4, 0.5) is 26.2 Å². The monoisotopic (exact) mass is 431 g/mol. The van der Waals surface area contributed by atoms with Crippen molar-refractivity contribution in [1.29, 1.82) is 0 Å². The van der Waals surface area contributed by atoms with Gasteiger partial charge >= 0.3 is 0 Å². The third-order valence-electron chi connectivity index (χ3n) is 4.10. The first kappa shape index (κ1) is 21.9. The zero-order valence-corrected chi connectivity index (χ0v) is 17.3. The molecule has 2 aromatic heterocycles. The van der Waals surface area contributed by atoms with E-state index >= 15 is 0 Å². The summed E-state index contributed by atoms with van der Waals surface area (Å²) in [6, 6.07) is 3.85. The van der Waals surface area contributed by atoms with Crippen molar-refractivity contribution in [2.24, 2.45) is 0 Å². The predicted molar refractivity (Wildman–Crippen MR) is 111 cm³/mol. The molecule has 164 valence electrons. The Bertz CT molecular complexity index is 1030. The molecule has 0 atom stereocenters. The first-order valence-electron chi connectivity index (χ1n) is 9.51. The number of anilines is 3. The number of carbonyl (C=O) groups is 1. The van der Waals surface area contributed by atoms with Gasteiger partial charge in [-0.05, 0) is 19.9 Å². The molecular formula is C20H23F2N7O2. The lowest BCUT2D eigenvalue weighted by atomic mass is 10.2. The number of methoxy groups -OCH3 is 1. The maximum Gasteiger partial charge on any atom is 0.241 e. The molecule has 0 saturated heterocycles. The van der Waals surface area contributed by atoms with E-state index < -0.39 is 11.6 Å². The van der Waals surface area contributed by atoms with Crippen LogP contribution in [0, 0.1) is 11.6 Å². The molecule has 3 aromatic rings. The average molecular weight is 431 g/mol. The Morgan fingerprint density at radius 2 is 2.00 bits per heavy atom. The molecule has 0 aliphatic carbocycles. The molecule has 0 aliphatic heterocycles. The lowest BCUT2D eigenvalue weighted by Crippen LogP contribution is -2.33. The van der Waals surface area contributed by atoms with Gasteiger partial charge in [0.15, 0.2) is 0 Å². The van der Waals surface area contributed by atoms with Gasteiger partial charge in [0, 0.05) is 42.7 Å². The second-order valence-corrected chi connectivity index (χ2v) is 6.96. The Kier molecular flexibility index (Phi) is 6.96. The van der Waals surface area contributed by atoms with E-state index in [1.54, 1.807) is 12.3 Å². The van der Waals surface area contributed by atoms with Crippen LogP contribution in [0.25, 0.3) is 0 Å². The second kappa shape index (κ2) is 9.83. The van der Waals surface area contributed by atoms with Crippen LogP contribution < -0.4 is 20.7 Å². The number of benzene rings is 1. The van der Waals surface area contributed by atoms with Crippen molar-refractivity contribution >= 4 is 23.4 Å². The topological polar surface area (TPSA) is 106 Å².